The Kier molecular flexibility index (Phi) is 35.9. The van der Waals surface area contributed by atoms with Crippen LogP contribution < -0.4 is 0 Å². The van der Waals surface area contributed by atoms with Crippen LogP contribution in [0.5, 0.6) is 0 Å². The summed E-state index contributed by atoms with van der Waals surface area (Å²) < 4.78 is 0. The van der Waals surface area contributed by atoms with Crippen LogP contribution in [0, 0.1) is 0 Å². The minimum atomic E-state index is 0. The van der Waals surface area contributed by atoms with Gasteiger partial charge in [-0.25, -0.2) is 0 Å². The Morgan fingerprint density at radius 2 is 1.00 bits per heavy atom. The van der Waals surface area contributed by atoms with Crippen molar-refractivity contribution in [3.63, 3.8) is 0 Å². The molecular weight excluding hydrogens is 285 g/mol. The summed E-state index contributed by atoms with van der Waals surface area (Å²) in [6.07, 6.45) is 7.08. The van der Waals surface area contributed by atoms with E-state index in [4.69, 9.17) is 11.5 Å². The molecule has 0 aromatic heterocycles. The van der Waals surface area contributed by atoms with Crippen molar-refractivity contribution in [2.24, 2.45) is 0 Å². The Balaban J connectivity index is -0.000000143. The van der Waals surface area contributed by atoms with Crippen LogP contribution in [0.2, 0.25) is 0 Å². The maximum atomic E-state index is 6.71. The van der Waals surface area contributed by atoms with Gasteiger partial charge in [0, 0.05) is 0 Å². The average Bonchev–Trinajstić information content (AvgIpc) is 2.12. The molecule has 3 heteroatoms. The van der Waals surface area contributed by atoms with Crippen LogP contribution in [0.3, 0.4) is 0 Å². The van der Waals surface area contributed by atoms with Crippen LogP contribution in [0.15, 0.2) is 0 Å². The van der Waals surface area contributed by atoms with Crippen LogP contribution in [0.1, 0.15) is 52.4 Å². The zero-order valence-electron chi connectivity index (χ0n) is 9.36. The summed E-state index contributed by atoms with van der Waals surface area (Å²) >= 11 is 0. The van der Waals surface area contributed by atoms with Crippen molar-refractivity contribution >= 4 is 48.9 Å². The van der Waals surface area contributed by atoms with E-state index < -0.39 is 0 Å². The van der Waals surface area contributed by atoms with Crippen LogP contribution in [-0.4, -0.2) is 62.0 Å². The minimum Gasteiger partial charge on any atom is -0.677 e. The molecule has 2 nitrogen and oxygen atoms in total. The van der Waals surface area contributed by atoms with Gasteiger partial charge in [0.25, 0.3) is 0 Å². The standard InChI is InChI=1S/2C5H12N.Ba/c2*1-2-3-4-5-6;/h2*6H,2-5H2,1H3;/q2*-1;+2. The van der Waals surface area contributed by atoms with E-state index in [9.17, 15) is 0 Å². The van der Waals surface area contributed by atoms with Gasteiger partial charge in [-0.15, -0.1) is 0 Å². The smallest absolute Gasteiger partial charge is 0.677 e. The summed E-state index contributed by atoms with van der Waals surface area (Å²) in [6.45, 7) is 5.51. The molecule has 0 bridgehead atoms. The van der Waals surface area contributed by atoms with E-state index in [-0.39, 0.29) is 48.9 Å². The summed E-state index contributed by atoms with van der Waals surface area (Å²) in [5, 5.41) is 0. The normalized spacial score (nSPS) is 8.31. The second-order valence-electron chi connectivity index (χ2n) is 2.91. The van der Waals surface area contributed by atoms with Crippen molar-refractivity contribution in [1.82, 2.24) is 0 Å². The third-order valence-electron chi connectivity index (χ3n) is 1.56. The molecule has 0 aliphatic heterocycles. The number of unbranched alkanes of at least 4 members (excludes halogenated alkanes) is 4. The molecular formula is C10H24BaN2. The van der Waals surface area contributed by atoms with E-state index in [1.54, 1.807) is 0 Å². The van der Waals surface area contributed by atoms with Gasteiger partial charge in [0.2, 0.25) is 0 Å². The van der Waals surface area contributed by atoms with Gasteiger partial charge in [0.05, 0.1) is 0 Å². The Hall–Kier alpha value is 1.49. The zero-order valence-corrected chi connectivity index (χ0v) is 13.8. The Bertz CT molecular complexity index is 44.9. The summed E-state index contributed by atoms with van der Waals surface area (Å²) in [4.78, 5) is 0. The van der Waals surface area contributed by atoms with E-state index in [2.05, 4.69) is 13.8 Å². The maximum Gasteiger partial charge on any atom is 2.00 e. The zero-order chi connectivity index (χ0) is 9.66. The van der Waals surface area contributed by atoms with E-state index in [0.29, 0.717) is 13.1 Å². The molecule has 13 heavy (non-hydrogen) atoms. The predicted octanol–water partition coefficient (Wildman–Crippen LogP) is 4.08. The molecule has 2 N–H and O–H groups in total. The van der Waals surface area contributed by atoms with Gasteiger partial charge in [-0.1, -0.05) is 52.4 Å². The summed E-state index contributed by atoms with van der Waals surface area (Å²) in [5.74, 6) is 0. The largest absolute Gasteiger partial charge is 2.00 e. The van der Waals surface area contributed by atoms with E-state index in [1.807, 2.05) is 0 Å². The van der Waals surface area contributed by atoms with Crippen molar-refractivity contribution in [3.05, 3.63) is 11.5 Å². The van der Waals surface area contributed by atoms with Crippen LogP contribution >= 0.6 is 0 Å². The molecule has 0 unspecified atom stereocenters. The fourth-order valence-corrected chi connectivity index (χ4v) is 0.750. The molecule has 0 spiro atoms. The third-order valence-corrected chi connectivity index (χ3v) is 1.56. The number of rotatable bonds is 6. The molecule has 76 valence electrons. The van der Waals surface area contributed by atoms with E-state index >= 15 is 0 Å². The van der Waals surface area contributed by atoms with Gasteiger partial charge in [0.1, 0.15) is 0 Å². The van der Waals surface area contributed by atoms with Gasteiger partial charge < -0.3 is 11.5 Å². The van der Waals surface area contributed by atoms with Gasteiger partial charge >= 0.3 is 48.9 Å². The number of hydrogen-bond acceptors (Lipinski definition) is 0. The maximum absolute atomic E-state index is 6.71. The summed E-state index contributed by atoms with van der Waals surface area (Å²) in [7, 11) is 0. The van der Waals surface area contributed by atoms with Crippen molar-refractivity contribution in [2.75, 3.05) is 13.1 Å². The Morgan fingerprint density at radius 1 is 0.692 bits per heavy atom. The number of nitrogens with one attached hydrogen (secondary N) is 2. The van der Waals surface area contributed by atoms with E-state index in [0.717, 1.165) is 12.8 Å². The molecule has 0 atom stereocenters. The van der Waals surface area contributed by atoms with Crippen LogP contribution in [0.25, 0.3) is 11.5 Å². The quantitative estimate of drug-likeness (QED) is 0.524. The molecule has 0 aromatic carbocycles. The molecule has 0 saturated carbocycles. The van der Waals surface area contributed by atoms with Gasteiger partial charge in [-0.3, -0.25) is 0 Å². The molecule has 0 saturated heterocycles. The molecule has 0 aliphatic carbocycles. The molecule has 0 amide bonds. The Morgan fingerprint density at radius 3 is 1.08 bits per heavy atom. The molecule has 0 aliphatic rings. The molecule has 0 radical (unpaired) electrons. The van der Waals surface area contributed by atoms with Gasteiger partial charge in [-0.05, 0) is 0 Å². The SMILES string of the molecule is CCCCC[NH-].CCCCC[NH-].[Ba+2]. The van der Waals surface area contributed by atoms with Crippen molar-refractivity contribution < 1.29 is 0 Å². The molecule has 0 fully saturated rings. The second-order valence-corrected chi connectivity index (χ2v) is 2.91. The Labute approximate surface area is 124 Å². The van der Waals surface area contributed by atoms with Crippen LogP contribution in [0.4, 0.5) is 0 Å². The second kappa shape index (κ2) is 23.4. The molecule has 0 heterocycles. The summed E-state index contributed by atoms with van der Waals surface area (Å²) in [6, 6.07) is 0. The fourth-order valence-electron chi connectivity index (χ4n) is 0.750. The van der Waals surface area contributed by atoms with Gasteiger partial charge in [0.15, 0.2) is 0 Å². The van der Waals surface area contributed by atoms with Crippen molar-refractivity contribution in [1.29, 1.82) is 0 Å². The van der Waals surface area contributed by atoms with Gasteiger partial charge in [-0.2, -0.15) is 13.1 Å². The molecule has 0 aromatic rings. The first kappa shape index (κ1) is 20.0. The van der Waals surface area contributed by atoms with E-state index in [1.165, 1.54) is 25.7 Å². The first-order valence-corrected chi connectivity index (χ1v) is 5.12. The first-order valence-electron chi connectivity index (χ1n) is 5.12. The fraction of sp³-hybridized carbons (Fsp3) is 1.00. The first-order chi connectivity index (χ1) is 5.83. The predicted molar refractivity (Wildman–Crippen MR) is 63.2 cm³/mol. The van der Waals surface area contributed by atoms with Crippen LogP contribution in [-0.2, 0) is 0 Å². The summed E-state index contributed by atoms with van der Waals surface area (Å²) in [5.41, 5.74) is 13.4. The average molecular weight is 310 g/mol. The minimum absolute atomic E-state index is 0. The van der Waals surface area contributed by atoms with Crippen molar-refractivity contribution in [3.8, 4) is 0 Å². The third kappa shape index (κ3) is 31.7. The topological polar surface area (TPSA) is 47.6 Å². The molecule has 0 rings (SSSR count). The monoisotopic (exact) mass is 310 g/mol. The van der Waals surface area contributed by atoms with Crippen molar-refractivity contribution in [2.45, 2.75) is 52.4 Å². The number of hydrogen-bond donors (Lipinski definition) is 0.